The van der Waals surface area contributed by atoms with E-state index in [9.17, 15) is 14.7 Å². The molecule has 2 unspecified atom stereocenters. The van der Waals surface area contributed by atoms with Crippen LogP contribution < -0.4 is 0 Å². The number of nitrogens with zero attached hydrogens (tertiary/aromatic N) is 3. The van der Waals surface area contributed by atoms with Gasteiger partial charge in [0.1, 0.15) is 0 Å². The summed E-state index contributed by atoms with van der Waals surface area (Å²) in [5, 5.41) is 13.5. The van der Waals surface area contributed by atoms with Crippen molar-refractivity contribution < 1.29 is 14.7 Å². The molecule has 0 radical (unpaired) electrons. The van der Waals surface area contributed by atoms with E-state index in [1.807, 2.05) is 37.3 Å². The molecule has 1 aliphatic rings. The van der Waals surface area contributed by atoms with Crippen molar-refractivity contribution in [3.63, 3.8) is 0 Å². The van der Waals surface area contributed by atoms with E-state index >= 15 is 0 Å². The number of likely N-dealkylation sites (tertiary alicyclic amines) is 1. The number of carboxylic acids is 1. The van der Waals surface area contributed by atoms with Crippen molar-refractivity contribution in [2.45, 2.75) is 32.4 Å². The summed E-state index contributed by atoms with van der Waals surface area (Å²) in [6, 6.07) is 9.95. The molecule has 0 saturated carbocycles. The quantitative estimate of drug-likeness (QED) is 0.934. The maximum Gasteiger partial charge on any atom is 0.308 e. The van der Waals surface area contributed by atoms with Crippen LogP contribution in [-0.2, 0) is 11.3 Å². The van der Waals surface area contributed by atoms with E-state index in [4.69, 9.17) is 0 Å². The van der Waals surface area contributed by atoms with Gasteiger partial charge in [0.05, 0.1) is 24.2 Å². The van der Waals surface area contributed by atoms with Crippen molar-refractivity contribution in [2.75, 3.05) is 6.54 Å². The minimum atomic E-state index is -0.834. The Morgan fingerprint density at radius 1 is 1.25 bits per heavy atom. The second kappa shape index (κ2) is 6.86. The first-order chi connectivity index (χ1) is 11.5. The zero-order valence-corrected chi connectivity index (χ0v) is 13.6. The molecular formula is C18H21N3O3. The van der Waals surface area contributed by atoms with Crippen LogP contribution in [0.5, 0.6) is 0 Å². The molecule has 3 rings (SSSR count). The van der Waals surface area contributed by atoms with Gasteiger partial charge in [0.15, 0.2) is 0 Å². The average molecular weight is 327 g/mol. The number of benzene rings is 1. The highest BCUT2D eigenvalue weighted by atomic mass is 16.4. The topological polar surface area (TPSA) is 75.4 Å². The minimum Gasteiger partial charge on any atom is -0.481 e. The predicted octanol–water partition coefficient (Wildman–Crippen LogP) is 2.26. The van der Waals surface area contributed by atoms with Crippen LogP contribution in [0.3, 0.4) is 0 Å². The molecule has 6 nitrogen and oxygen atoms in total. The van der Waals surface area contributed by atoms with E-state index in [2.05, 4.69) is 5.10 Å². The normalized spacial score (nSPS) is 20.8. The minimum absolute atomic E-state index is 0.0468. The number of rotatable bonds is 4. The predicted molar refractivity (Wildman–Crippen MR) is 88.6 cm³/mol. The lowest BCUT2D eigenvalue weighted by Crippen LogP contribution is -2.47. The standard InChI is InChI=1S/C18H21N3O3/c1-13-7-8-15(18(23)24)12-21(13)17(22)16-9-19-20(11-16)10-14-5-3-2-4-6-14/h2-6,9,11,13,15H,7-8,10,12H2,1H3,(H,23,24). The molecule has 1 saturated heterocycles. The molecule has 0 aliphatic carbocycles. The van der Waals surface area contributed by atoms with Crippen molar-refractivity contribution in [2.24, 2.45) is 5.92 Å². The van der Waals surface area contributed by atoms with E-state index in [-0.39, 0.29) is 18.5 Å². The summed E-state index contributed by atoms with van der Waals surface area (Å²) < 4.78 is 1.73. The average Bonchev–Trinajstić information content (AvgIpc) is 3.04. The SMILES string of the molecule is CC1CCC(C(=O)O)CN1C(=O)c1cnn(Cc2ccccc2)c1. The maximum atomic E-state index is 12.7. The molecule has 2 atom stereocenters. The summed E-state index contributed by atoms with van der Waals surface area (Å²) in [4.78, 5) is 25.6. The van der Waals surface area contributed by atoms with Crippen molar-refractivity contribution in [3.05, 3.63) is 53.9 Å². The largest absolute Gasteiger partial charge is 0.481 e. The molecule has 1 aliphatic heterocycles. The highest BCUT2D eigenvalue weighted by Crippen LogP contribution is 2.24. The molecule has 1 aromatic carbocycles. The highest BCUT2D eigenvalue weighted by molar-refractivity contribution is 5.94. The summed E-state index contributed by atoms with van der Waals surface area (Å²) in [6.45, 7) is 2.82. The van der Waals surface area contributed by atoms with Crippen LogP contribution in [0.25, 0.3) is 0 Å². The fraction of sp³-hybridized carbons (Fsp3) is 0.389. The zero-order chi connectivity index (χ0) is 17.1. The van der Waals surface area contributed by atoms with Crippen molar-refractivity contribution in [3.8, 4) is 0 Å². The van der Waals surface area contributed by atoms with Gasteiger partial charge >= 0.3 is 5.97 Å². The third kappa shape index (κ3) is 3.48. The van der Waals surface area contributed by atoms with Crippen LogP contribution in [-0.4, -0.2) is 44.3 Å². The number of carbonyl (C=O) groups is 2. The number of piperidine rings is 1. The number of amides is 1. The molecule has 126 valence electrons. The first-order valence-electron chi connectivity index (χ1n) is 8.14. The van der Waals surface area contributed by atoms with Gasteiger partial charge in [-0.15, -0.1) is 0 Å². The molecule has 0 bridgehead atoms. The van der Waals surface area contributed by atoms with Crippen LogP contribution in [0.1, 0.15) is 35.7 Å². The first kappa shape index (κ1) is 16.2. The molecule has 1 aromatic heterocycles. The molecule has 2 heterocycles. The Hall–Kier alpha value is -2.63. The van der Waals surface area contributed by atoms with Crippen LogP contribution in [0.15, 0.2) is 42.7 Å². The Morgan fingerprint density at radius 3 is 2.71 bits per heavy atom. The summed E-state index contributed by atoms with van der Waals surface area (Å²) in [6.07, 6.45) is 4.61. The summed E-state index contributed by atoms with van der Waals surface area (Å²) >= 11 is 0. The van der Waals surface area contributed by atoms with Gasteiger partial charge in [0.2, 0.25) is 0 Å². The lowest BCUT2D eigenvalue weighted by molar-refractivity contribution is -0.143. The van der Waals surface area contributed by atoms with Gasteiger partial charge in [-0.3, -0.25) is 14.3 Å². The van der Waals surface area contributed by atoms with Crippen LogP contribution >= 0.6 is 0 Å². The van der Waals surface area contributed by atoms with E-state index in [1.54, 1.807) is 22.0 Å². The van der Waals surface area contributed by atoms with Gasteiger partial charge in [-0.2, -0.15) is 5.10 Å². The Morgan fingerprint density at radius 2 is 2.00 bits per heavy atom. The van der Waals surface area contributed by atoms with E-state index < -0.39 is 11.9 Å². The summed E-state index contributed by atoms with van der Waals surface area (Å²) in [7, 11) is 0. The van der Waals surface area contributed by atoms with Gasteiger partial charge in [-0.1, -0.05) is 30.3 Å². The van der Waals surface area contributed by atoms with E-state index in [0.717, 1.165) is 5.56 Å². The number of aliphatic carboxylic acids is 1. The van der Waals surface area contributed by atoms with Crippen molar-refractivity contribution in [1.29, 1.82) is 0 Å². The molecule has 6 heteroatoms. The molecule has 24 heavy (non-hydrogen) atoms. The second-order valence-electron chi connectivity index (χ2n) is 6.33. The summed E-state index contributed by atoms with van der Waals surface area (Å²) in [5.41, 5.74) is 1.61. The Kier molecular flexibility index (Phi) is 4.64. The molecule has 1 fully saturated rings. The maximum absolute atomic E-state index is 12.7. The van der Waals surface area contributed by atoms with Crippen molar-refractivity contribution >= 4 is 11.9 Å². The Balaban J connectivity index is 1.72. The first-order valence-corrected chi connectivity index (χ1v) is 8.14. The third-order valence-corrected chi connectivity index (χ3v) is 4.56. The number of carboxylic acid groups (broad SMARTS) is 1. The van der Waals surface area contributed by atoms with Crippen LogP contribution in [0.4, 0.5) is 0 Å². The van der Waals surface area contributed by atoms with E-state index in [0.29, 0.717) is 24.9 Å². The lowest BCUT2D eigenvalue weighted by Gasteiger charge is -2.36. The van der Waals surface area contributed by atoms with Crippen LogP contribution in [0, 0.1) is 5.92 Å². The number of aromatic nitrogens is 2. The number of hydrogen-bond donors (Lipinski definition) is 1. The Bertz CT molecular complexity index is 726. The van der Waals surface area contributed by atoms with Gasteiger partial charge in [-0.25, -0.2) is 0 Å². The molecule has 1 amide bonds. The Labute approximate surface area is 140 Å². The lowest BCUT2D eigenvalue weighted by atomic mass is 9.93. The number of carbonyl (C=O) groups excluding carboxylic acids is 1. The highest BCUT2D eigenvalue weighted by Gasteiger charge is 2.33. The van der Waals surface area contributed by atoms with Crippen LogP contribution in [0.2, 0.25) is 0 Å². The molecular weight excluding hydrogens is 306 g/mol. The van der Waals surface area contributed by atoms with Gasteiger partial charge in [0, 0.05) is 18.8 Å². The van der Waals surface area contributed by atoms with Gasteiger partial charge < -0.3 is 10.0 Å². The van der Waals surface area contributed by atoms with Crippen molar-refractivity contribution in [1.82, 2.24) is 14.7 Å². The number of hydrogen-bond acceptors (Lipinski definition) is 3. The fourth-order valence-corrected chi connectivity index (χ4v) is 3.09. The molecule has 2 aromatic rings. The van der Waals surface area contributed by atoms with Gasteiger partial charge in [0.25, 0.3) is 5.91 Å². The zero-order valence-electron chi connectivity index (χ0n) is 13.6. The second-order valence-corrected chi connectivity index (χ2v) is 6.33. The molecule has 0 spiro atoms. The van der Waals surface area contributed by atoms with E-state index in [1.165, 1.54) is 0 Å². The smallest absolute Gasteiger partial charge is 0.308 e. The fourth-order valence-electron chi connectivity index (χ4n) is 3.09. The molecule has 1 N–H and O–H groups in total. The summed E-state index contributed by atoms with van der Waals surface area (Å²) in [5.74, 6) is -1.46. The van der Waals surface area contributed by atoms with Gasteiger partial charge in [-0.05, 0) is 25.3 Å². The third-order valence-electron chi connectivity index (χ3n) is 4.56. The monoisotopic (exact) mass is 327 g/mol.